The third kappa shape index (κ3) is 2.56. The molecule has 2 aromatic heterocycles. The van der Waals surface area contributed by atoms with Crippen LogP contribution >= 0.6 is 11.5 Å². The number of rotatable bonds is 2. The van der Waals surface area contributed by atoms with Crippen molar-refractivity contribution in [2.75, 3.05) is 26.2 Å². The van der Waals surface area contributed by atoms with Crippen molar-refractivity contribution >= 4 is 33.4 Å². The van der Waals surface area contributed by atoms with Gasteiger partial charge < -0.3 is 14.2 Å². The van der Waals surface area contributed by atoms with Crippen LogP contribution < -0.4 is 0 Å². The standard InChI is InChI=1S/C17H15N3O3S/c21-16(13-5-3-11-23-13)19-7-9-20(10-8-19)17(22)15-12-4-1-2-6-14(12)24-18-15/h1-6,11H,7-10H2. The van der Waals surface area contributed by atoms with Gasteiger partial charge >= 0.3 is 0 Å². The molecule has 1 aliphatic rings. The number of amides is 2. The van der Waals surface area contributed by atoms with E-state index in [1.165, 1.54) is 17.8 Å². The van der Waals surface area contributed by atoms with Crippen LogP contribution in [0.1, 0.15) is 21.0 Å². The maximum Gasteiger partial charge on any atom is 0.289 e. The molecule has 122 valence electrons. The van der Waals surface area contributed by atoms with E-state index in [9.17, 15) is 9.59 Å². The average Bonchev–Trinajstić information content (AvgIpc) is 3.30. The van der Waals surface area contributed by atoms with Crippen LogP contribution in [0.25, 0.3) is 10.1 Å². The first-order valence-corrected chi connectivity index (χ1v) is 8.48. The lowest BCUT2D eigenvalue weighted by molar-refractivity contribution is 0.0517. The van der Waals surface area contributed by atoms with Gasteiger partial charge in [-0.05, 0) is 29.7 Å². The number of aromatic nitrogens is 1. The van der Waals surface area contributed by atoms with Crippen molar-refractivity contribution in [2.24, 2.45) is 0 Å². The van der Waals surface area contributed by atoms with Crippen molar-refractivity contribution in [1.82, 2.24) is 14.2 Å². The van der Waals surface area contributed by atoms with Gasteiger partial charge in [0.1, 0.15) is 5.69 Å². The minimum absolute atomic E-state index is 0.0717. The molecule has 0 N–H and O–H groups in total. The molecule has 0 radical (unpaired) electrons. The fourth-order valence-corrected chi connectivity index (χ4v) is 3.63. The number of benzene rings is 1. The van der Waals surface area contributed by atoms with E-state index in [4.69, 9.17) is 4.42 Å². The molecular weight excluding hydrogens is 326 g/mol. The molecule has 1 aliphatic heterocycles. The molecule has 0 bridgehead atoms. The zero-order valence-corrected chi connectivity index (χ0v) is 13.7. The van der Waals surface area contributed by atoms with Crippen molar-refractivity contribution in [3.8, 4) is 0 Å². The number of piperazine rings is 1. The Morgan fingerprint density at radius 2 is 1.67 bits per heavy atom. The highest BCUT2D eigenvalue weighted by atomic mass is 32.1. The maximum absolute atomic E-state index is 12.7. The van der Waals surface area contributed by atoms with Gasteiger partial charge in [0, 0.05) is 31.6 Å². The van der Waals surface area contributed by atoms with E-state index in [0.717, 1.165) is 10.1 Å². The number of carbonyl (C=O) groups is 2. The molecule has 4 rings (SSSR count). The summed E-state index contributed by atoms with van der Waals surface area (Å²) in [6.07, 6.45) is 1.49. The van der Waals surface area contributed by atoms with Gasteiger partial charge in [-0.1, -0.05) is 18.2 Å². The molecule has 1 saturated heterocycles. The molecule has 3 aromatic rings. The van der Waals surface area contributed by atoms with Gasteiger partial charge in [0.15, 0.2) is 5.76 Å². The Balaban J connectivity index is 1.46. The summed E-state index contributed by atoms with van der Waals surface area (Å²) in [7, 11) is 0. The van der Waals surface area contributed by atoms with Gasteiger partial charge in [-0.15, -0.1) is 0 Å². The molecule has 1 fully saturated rings. The third-order valence-electron chi connectivity index (χ3n) is 4.17. The van der Waals surface area contributed by atoms with Crippen LogP contribution in [0.15, 0.2) is 47.1 Å². The van der Waals surface area contributed by atoms with E-state index in [1.807, 2.05) is 24.3 Å². The Morgan fingerprint density at radius 1 is 0.958 bits per heavy atom. The van der Waals surface area contributed by atoms with Crippen LogP contribution in [0.5, 0.6) is 0 Å². The third-order valence-corrected chi connectivity index (χ3v) is 4.99. The first kappa shape index (κ1) is 14.9. The van der Waals surface area contributed by atoms with E-state index < -0.39 is 0 Å². The smallest absolute Gasteiger partial charge is 0.289 e. The number of fused-ring (bicyclic) bond motifs is 1. The summed E-state index contributed by atoms with van der Waals surface area (Å²) >= 11 is 1.34. The lowest BCUT2D eigenvalue weighted by Crippen LogP contribution is -2.50. The minimum Gasteiger partial charge on any atom is -0.459 e. The van der Waals surface area contributed by atoms with Crippen molar-refractivity contribution in [3.63, 3.8) is 0 Å². The number of hydrogen-bond acceptors (Lipinski definition) is 5. The Kier molecular flexibility index (Phi) is 3.78. The Labute approximate surface area is 142 Å². The highest BCUT2D eigenvalue weighted by Crippen LogP contribution is 2.23. The van der Waals surface area contributed by atoms with Gasteiger partial charge in [-0.2, -0.15) is 4.37 Å². The zero-order chi connectivity index (χ0) is 16.5. The van der Waals surface area contributed by atoms with Gasteiger partial charge in [0.25, 0.3) is 11.8 Å². The van der Waals surface area contributed by atoms with Crippen LogP contribution in [0.4, 0.5) is 0 Å². The molecule has 7 heteroatoms. The molecule has 2 amide bonds. The average molecular weight is 341 g/mol. The van der Waals surface area contributed by atoms with E-state index in [2.05, 4.69) is 4.37 Å². The summed E-state index contributed by atoms with van der Waals surface area (Å²) in [5, 5.41) is 0.890. The molecule has 6 nitrogen and oxygen atoms in total. The van der Waals surface area contributed by atoms with E-state index in [-0.39, 0.29) is 11.8 Å². The summed E-state index contributed by atoms with van der Waals surface area (Å²) < 4.78 is 10.5. The summed E-state index contributed by atoms with van der Waals surface area (Å²) in [5.41, 5.74) is 0.501. The highest BCUT2D eigenvalue weighted by Gasteiger charge is 2.28. The zero-order valence-electron chi connectivity index (χ0n) is 12.8. The van der Waals surface area contributed by atoms with E-state index in [1.54, 1.807) is 21.9 Å². The Bertz CT molecular complexity index is 880. The Hall–Kier alpha value is -2.67. The monoisotopic (exact) mass is 341 g/mol. The van der Waals surface area contributed by atoms with Gasteiger partial charge in [-0.25, -0.2) is 0 Å². The van der Waals surface area contributed by atoms with Crippen molar-refractivity contribution in [1.29, 1.82) is 0 Å². The molecule has 0 saturated carbocycles. The van der Waals surface area contributed by atoms with Crippen molar-refractivity contribution in [3.05, 3.63) is 54.1 Å². The second-order valence-corrected chi connectivity index (χ2v) is 6.39. The molecular formula is C17H15N3O3S. The predicted octanol–water partition coefficient (Wildman–Crippen LogP) is 2.49. The first-order chi connectivity index (χ1) is 11.7. The summed E-state index contributed by atoms with van der Waals surface area (Å²) in [4.78, 5) is 28.5. The molecule has 0 atom stereocenters. The lowest BCUT2D eigenvalue weighted by atomic mass is 10.2. The van der Waals surface area contributed by atoms with E-state index >= 15 is 0 Å². The predicted molar refractivity (Wildman–Crippen MR) is 90.1 cm³/mol. The van der Waals surface area contributed by atoms with Gasteiger partial charge in [0.05, 0.1) is 11.0 Å². The molecule has 0 aliphatic carbocycles. The molecule has 0 spiro atoms. The lowest BCUT2D eigenvalue weighted by Gasteiger charge is -2.34. The van der Waals surface area contributed by atoms with Crippen LogP contribution in [0.2, 0.25) is 0 Å². The van der Waals surface area contributed by atoms with Crippen LogP contribution in [-0.2, 0) is 0 Å². The molecule has 24 heavy (non-hydrogen) atoms. The molecule has 0 unspecified atom stereocenters. The normalized spacial score (nSPS) is 15.0. The van der Waals surface area contributed by atoms with Crippen LogP contribution in [0.3, 0.4) is 0 Å². The summed E-state index contributed by atoms with van der Waals surface area (Å²) in [6.45, 7) is 1.98. The first-order valence-electron chi connectivity index (χ1n) is 7.70. The maximum atomic E-state index is 12.7. The molecule has 3 heterocycles. The minimum atomic E-state index is -0.133. The number of nitrogens with zero attached hydrogens (tertiary/aromatic N) is 3. The summed E-state index contributed by atoms with van der Waals surface area (Å²) in [6, 6.07) is 11.1. The topological polar surface area (TPSA) is 66.7 Å². The van der Waals surface area contributed by atoms with Crippen molar-refractivity contribution in [2.45, 2.75) is 0 Å². The number of furan rings is 1. The van der Waals surface area contributed by atoms with Gasteiger partial charge in [-0.3, -0.25) is 9.59 Å². The quantitative estimate of drug-likeness (QED) is 0.718. The Morgan fingerprint density at radius 3 is 2.38 bits per heavy atom. The fraction of sp³-hybridized carbons (Fsp3) is 0.235. The second kappa shape index (κ2) is 6.09. The van der Waals surface area contributed by atoms with Gasteiger partial charge in [0.2, 0.25) is 0 Å². The second-order valence-electron chi connectivity index (χ2n) is 5.59. The fourth-order valence-electron chi connectivity index (χ4n) is 2.86. The SMILES string of the molecule is O=C(c1ccco1)N1CCN(C(=O)c2nsc3ccccc23)CC1. The van der Waals surface area contributed by atoms with Crippen molar-refractivity contribution < 1.29 is 14.0 Å². The largest absolute Gasteiger partial charge is 0.459 e. The van der Waals surface area contributed by atoms with Crippen LogP contribution in [-0.4, -0.2) is 52.2 Å². The highest BCUT2D eigenvalue weighted by molar-refractivity contribution is 7.13. The number of hydrogen-bond donors (Lipinski definition) is 0. The summed E-state index contributed by atoms with van der Waals surface area (Å²) in [5.74, 6) is 0.129. The number of carbonyl (C=O) groups excluding carboxylic acids is 2. The molecule has 1 aromatic carbocycles. The van der Waals surface area contributed by atoms with Crippen LogP contribution in [0, 0.1) is 0 Å². The van der Waals surface area contributed by atoms with E-state index in [0.29, 0.717) is 37.6 Å².